The average Bonchev–Trinajstić information content (AvgIpc) is 3.46. The van der Waals surface area contributed by atoms with E-state index in [0.717, 1.165) is 5.52 Å². The summed E-state index contributed by atoms with van der Waals surface area (Å²) in [5.41, 5.74) is 3.08. The predicted molar refractivity (Wildman–Crippen MR) is 135 cm³/mol. The van der Waals surface area contributed by atoms with E-state index < -0.39 is 10.9 Å². The lowest BCUT2D eigenvalue weighted by Crippen LogP contribution is -2.14. The molecule has 2 aromatic carbocycles. The number of hydrogen-bond donors (Lipinski definition) is 1. The third kappa shape index (κ3) is 5.49. The number of esters is 1. The number of rotatable bonds is 9. The van der Waals surface area contributed by atoms with Gasteiger partial charge in [0.25, 0.3) is 5.69 Å². The van der Waals surface area contributed by atoms with Crippen molar-refractivity contribution in [3.63, 3.8) is 0 Å². The zero-order chi connectivity index (χ0) is 24.9. The van der Waals surface area contributed by atoms with E-state index in [2.05, 4.69) is 15.3 Å². The van der Waals surface area contributed by atoms with Crippen molar-refractivity contribution < 1.29 is 19.2 Å². The van der Waals surface area contributed by atoms with Gasteiger partial charge in [0.15, 0.2) is 10.3 Å². The Labute approximate surface area is 208 Å². The van der Waals surface area contributed by atoms with Crippen molar-refractivity contribution in [2.24, 2.45) is 0 Å². The highest BCUT2D eigenvalue weighted by Crippen LogP contribution is 2.28. The summed E-state index contributed by atoms with van der Waals surface area (Å²) in [4.78, 5) is 44.1. The molecule has 0 aliphatic heterocycles. The van der Waals surface area contributed by atoms with Crippen LogP contribution in [0.3, 0.4) is 0 Å². The second kappa shape index (κ2) is 10.7. The van der Waals surface area contributed by atoms with E-state index >= 15 is 0 Å². The lowest BCUT2D eigenvalue weighted by Gasteiger charge is -2.06. The van der Waals surface area contributed by atoms with Crippen LogP contribution in [0, 0.1) is 10.1 Å². The Kier molecular flexibility index (Phi) is 7.42. The molecule has 0 atom stereocenters. The maximum Gasteiger partial charge on any atom is 0.338 e. The van der Waals surface area contributed by atoms with Crippen LogP contribution in [0.15, 0.2) is 53.0 Å². The number of hydrogen-bond acceptors (Lipinski definition) is 9. The van der Waals surface area contributed by atoms with Crippen LogP contribution in [0.4, 0.5) is 10.8 Å². The SMILES string of the molecule is CCOC(=O)c1ccc2c(c1)nc(SCC(=O)Nc1nc(-c3cccc([N+](=O)[O-])c3)cs1)n2CC. The maximum atomic E-state index is 12.6. The van der Waals surface area contributed by atoms with Gasteiger partial charge in [-0.15, -0.1) is 11.3 Å². The monoisotopic (exact) mass is 511 g/mol. The van der Waals surface area contributed by atoms with Gasteiger partial charge >= 0.3 is 5.97 Å². The number of nitro benzene ring substituents is 1. The average molecular weight is 512 g/mol. The van der Waals surface area contributed by atoms with Gasteiger partial charge in [-0.1, -0.05) is 23.9 Å². The molecule has 4 rings (SSSR count). The molecule has 4 aromatic rings. The number of non-ortho nitro benzene ring substituents is 1. The summed E-state index contributed by atoms with van der Waals surface area (Å²) >= 11 is 2.52. The summed E-state index contributed by atoms with van der Waals surface area (Å²) in [6.45, 7) is 4.68. The molecule has 35 heavy (non-hydrogen) atoms. The Balaban J connectivity index is 1.43. The van der Waals surface area contributed by atoms with Gasteiger partial charge in [-0.25, -0.2) is 14.8 Å². The molecule has 2 heterocycles. The van der Waals surface area contributed by atoms with E-state index in [1.54, 1.807) is 36.6 Å². The van der Waals surface area contributed by atoms with E-state index in [1.807, 2.05) is 17.6 Å². The lowest BCUT2D eigenvalue weighted by molar-refractivity contribution is -0.384. The number of thioether (sulfide) groups is 1. The van der Waals surface area contributed by atoms with Gasteiger partial charge in [0.2, 0.25) is 5.91 Å². The number of nitrogens with one attached hydrogen (secondary N) is 1. The molecule has 0 unspecified atom stereocenters. The van der Waals surface area contributed by atoms with Crippen molar-refractivity contribution >= 4 is 56.8 Å². The number of amides is 1. The number of carbonyl (C=O) groups is 2. The number of aromatic nitrogens is 3. The van der Waals surface area contributed by atoms with Crippen molar-refractivity contribution in [3.8, 4) is 11.3 Å². The van der Waals surface area contributed by atoms with Crippen molar-refractivity contribution in [3.05, 3.63) is 63.5 Å². The largest absolute Gasteiger partial charge is 0.462 e. The van der Waals surface area contributed by atoms with Crippen LogP contribution in [0.5, 0.6) is 0 Å². The van der Waals surface area contributed by atoms with Gasteiger partial charge in [0.05, 0.1) is 39.6 Å². The normalized spacial score (nSPS) is 10.9. The number of thiazole rings is 1. The number of imidazole rings is 1. The van der Waals surface area contributed by atoms with Crippen molar-refractivity contribution in [2.75, 3.05) is 17.7 Å². The smallest absolute Gasteiger partial charge is 0.338 e. The molecule has 0 radical (unpaired) electrons. The topological polar surface area (TPSA) is 129 Å². The van der Waals surface area contributed by atoms with E-state index in [0.29, 0.717) is 45.8 Å². The molecule has 0 saturated carbocycles. The van der Waals surface area contributed by atoms with Crippen LogP contribution >= 0.6 is 23.1 Å². The molecule has 12 heteroatoms. The Morgan fingerprint density at radius 3 is 2.77 bits per heavy atom. The molecule has 0 saturated heterocycles. The Morgan fingerprint density at radius 2 is 2.03 bits per heavy atom. The molecule has 0 aliphatic carbocycles. The fourth-order valence-electron chi connectivity index (χ4n) is 3.39. The number of ether oxygens (including phenoxy) is 1. The molecule has 10 nitrogen and oxygen atoms in total. The number of nitro groups is 1. The fourth-order valence-corrected chi connectivity index (χ4v) is 5.01. The third-order valence-corrected chi connectivity index (χ3v) is 6.71. The first-order valence-corrected chi connectivity index (χ1v) is 12.6. The van der Waals surface area contributed by atoms with Crippen LogP contribution < -0.4 is 5.32 Å². The predicted octanol–water partition coefficient (Wildman–Crippen LogP) is 5.00. The van der Waals surface area contributed by atoms with Gasteiger partial charge in [-0.2, -0.15) is 0 Å². The van der Waals surface area contributed by atoms with Crippen molar-refractivity contribution in [2.45, 2.75) is 25.5 Å². The summed E-state index contributed by atoms with van der Waals surface area (Å²) in [7, 11) is 0. The highest BCUT2D eigenvalue weighted by atomic mass is 32.2. The van der Waals surface area contributed by atoms with Crippen molar-refractivity contribution in [1.29, 1.82) is 0 Å². The van der Waals surface area contributed by atoms with Crippen molar-refractivity contribution in [1.82, 2.24) is 14.5 Å². The second-order valence-electron chi connectivity index (χ2n) is 7.24. The summed E-state index contributed by atoms with van der Waals surface area (Å²) in [5, 5.41) is 16.6. The van der Waals surface area contributed by atoms with Crippen LogP contribution in [0.25, 0.3) is 22.3 Å². The number of nitrogens with zero attached hydrogens (tertiary/aromatic N) is 4. The summed E-state index contributed by atoms with van der Waals surface area (Å²) < 4.78 is 7.03. The molecule has 0 fully saturated rings. The molecule has 180 valence electrons. The first-order chi connectivity index (χ1) is 16.9. The number of benzene rings is 2. The highest BCUT2D eigenvalue weighted by molar-refractivity contribution is 7.99. The van der Waals surface area contributed by atoms with E-state index in [-0.39, 0.29) is 17.3 Å². The fraction of sp³-hybridized carbons (Fsp3) is 0.217. The molecular weight excluding hydrogens is 490 g/mol. The molecule has 2 aromatic heterocycles. The van der Waals surface area contributed by atoms with Gasteiger partial charge in [0.1, 0.15) is 0 Å². The zero-order valence-corrected chi connectivity index (χ0v) is 20.5. The molecule has 0 spiro atoms. The van der Waals surface area contributed by atoms with E-state index in [4.69, 9.17) is 4.74 Å². The minimum absolute atomic E-state index is 0.0225. The number of aryl methyl sites for hydroxylation is 1. The summed E-state index contributed by atoms with van der Waals surface area (Å²) in [6.07, 6.45) is 0. The standard InChI is InChI=1S/C23H21N5O5S2/c1-3-27-19-9-8-15(21(30)33-4-2)11-17(19)25-23(27)35-13-20(29)26-22-24-18(12-34-22)14-6-5-7-16(10-14)28(31)32/h5-12H,3-4,13H2,1-2H3,(H,24,26,29). The number of anilines is 1. The Bertz CT molecular complexity index is 1410. The maximum absolute atomic E-state index is 12.6. The van der Waals surface area contributed by atoms with E-state index in [1.165, 1.54) is 35.2 Å². The van der Waals surface area contributed by atoms with Crippen LogP contribution in [0.2, 0.25) is 0 Å². The lowest BCUT2D eigenvalue weighted by atomic mass is 10.1. The number of fused-ring (bicyclic) bond motifs is 1. The van der Waals surface area contributed by atoms with E-state index in [9.17, 15) is 19.7 Å². The molecule has 1 amide bonds. The van der Waals surface area contributed by atoms with Gasteiger partial charge in [-0.05, 0) is 32.0 Å². The van der Waals surface area contributed by atoms with Gasteiger partial charge in [0, 0.05) is 29.6 Å². The molecular formula is C23H21N5O5S2. The second-order valence-corrected chi connectivity index (χ2v) is 9.05. The number of carbonyl (C=O) groups excluding carboxylic acids is 2. The van der Waals surface area contributed by atoms with Gasteiger partial charge in [-0.3, -0.25) is 14.9 Å². The summed E-state index contributed by atoms with van der Waals surface area (Å²) in [6, 6.07) is 11.4. The zero-order valence-electron chi connectivity index (χ0n) is 18.9. The quantitative estimate of drug-likeness (QED) is 0.144. The third-order valence-electron chi connectivity index (χ3n) is 4.98. The molecule has 0 bridgehead atoms. The highest BCUT2D eigenvalue weighted by Gasteiger charge is 2.16. The minimum Gasteiger partial charge on any atom is -0.462 e. The first-order valence-electron chi connectivity index (χ1n) is 10.7. The van der Waals surface area contributed by atoms with Gasteiger partial charge < -0.3 is 14.6 Å². The molecule has 0 aliphatic rings. The summed E-state index contributed by atoms with van der Waals surface area (Å²) in [5.74, 6) is -0.543. The first kappa shape index (κ1) is 24.4. The Hall–Kier alpha value is -3.77. The van der Waals surface area contributed by atoms with Crippen LogP contribution in [-0.2, 0) is 16.1 Å². The molecule has 1 N–H and O–H groups in total. The van der Waals surface area contributed by atoms with Crippen LogP contribution in [0.1, 0.15) is 24.2 Å². The van der Waals surface area contributed by atoms with Crippen LogP contribution in [-0.4, -0.2) is 43.7 Å². The Morgan fingerprint density at radius 1 is 1.20 bits per heavy atom. The minimum atomic E-state index is -0.461.